The van der Waals surface area contributed by atoms with E-state index in [1.807, 2.05) is 0 Å². The first-order valence-electron chi connectivity index (χ1n) is 12.6. The molecule has 0 N–H and O–H groups in total. The van der Waals surface area contributed by atoms with Gasteiger partial charge in [-0.2, -0.15) is 0 Å². The van der Waals surface area contributed by atoms with E-state index in [2.05, 4.69) is 19.9 Å². The summed E-state index contributed by atoms with van der Waals surface area (Å²) in [6, 6.07) is 0. The zero-order valence-electron chi connectivity index (χ0n) is 21.2. The van der Waals surface area contributed by atoms with Crippen LogP contribution in [0.5, 0.6) is 0 Å². The number of rotatable bonds is 4. The lowest BCUT2D eigenvalue weighted by molar-refractivity contribution is -0.217. The number of carbonyl (C=O) groups is 4. The Morgan fingerprint density at radius 1 is 0.794 bits per heavy atom. The first-order chi connectivity index (χ1) is 15.9. The zero-order chi connectivity index (χ0) is 25.0. The highest BCUT2D eigenvalue weighted by molar-refractivity contribution is 5.95. The van der Waals surface area contributed by atoms with Crippen LogP contribution in [0.1, 0.15) is 80.1 Å². The van der Waals surface area contributed by atoms with Gasteiger partial charge in [0.05, 0.1) is 0 Å². The smallest absolute Gasteiger partial charge is 0.303 e. The number of ether oxygens (including phenoxy) is 3. The Kier molecular flexibility index (Phi) is 6.45. The maximum absolute atomic E-state index is 12.4. The topological polar surface area (TPSA) is 96.0 Å². The van der Waals surface area contributed by atoms with E-state index in [0.29, 0.717) is 30.6 Å². The highest BCUT2D eigenvalue weighted by Gasteiger charge is 2.64. The third kappa shape index (κ3) is 4.09. The summed E-state index contributed by atoms with van der Waals surface area (Å²) in [5, 5.41) is 0. The lowest BCUT2D eigenvalue weighted by Crippen LogP contribution is -2.62. The van der Waals surface area contributed by atoms with Crippen molar-refractivity contribution in [1.29, 1.82) is 0 Å². The number of fused-ring (bicyclic) bond motifs is 5. The van der Waals surface area contributed by atoms with Crippen molar-refractivity contribution >= 4 is 23.7 Å². The first-order valence-corrected chi connectivity index (χ1v) is 12.6. The van der Waals surface area contributed by atoms with Crippen LogP contribution in [0.15, 0.2) is 11.6 Å². The van der Waals surface area contributed by atoms with Gasteiger partial charge in [-0.05, 0) is 79.6 Å². The molecule has 4 aliphatic carbocycles. The Hall–Kier alpha value is -2.18. The molecule has 0 bridgehead atoms. The second-order valence-electron chi connectivity index (χ2n) is 11.5. The van der Waals surface area contributed by atoms with Crippen LogP contribution in [0.25, 0.3) is 0 Å². The molecule has 0 heterocycles. The number of carbonyl (C=O) groups excluding carboxylic acids is 4. The van der Waals surface area contributed by atoms with Gasteiger partial charge in [-0.1, -0.05) is 19.9 Å². The van der Waals surface area contributed by atoms with E-state index in [1.54, 1.807) is 6.92 Å². The molecule has 4 aliphatic rings. The van der Waals surface area contributed by atoms with Gasteiger partial charge in [0.2, 0.25) is 0 Å². The fourth-order valence-corrected chi connectivity index (χ4v) is 8.38. The Balaban J connectivity index is 1.71. The van der Waals surface area contributed by atoms with Gasteiger partial charge in [-0.3, -0.25) is 19.2 Å². The molecule has 188 valence electrons. The minimum Gasteiger partial charge on any atom is -0.462 e. The van der Waals surface area contributed by atoms with E-state index in [9.17, 15) is 19.2 Å². The molecule has 0 aliphatic heterocycles. The Bertz CT molecular complexity index is 922. The lowest BCUT2D eigenvalue weighted by Gasteiger charge is -2.62. The lowest BCUT2D eigenvalue weighted by atomic mass is 9.43. The molecule has 9 unspecified atom stereocenters. The normalized spacial score (nSPS) is 42.9. The molecule has 3 saturated carbocycles. The van der Waals surface area contributed by atoms with E-state index < -0.39 is 24.1 Å². The van der Waals surface area contributed by atoms with Crippen LogP contribution in [0.2, 0.25) is 0 Å². The number of allylic oxidation sites excluding steroid dienone is 2. The van der Waals surface area contributed by atoms with Crippen molar-refractivity contribution in [2.24, 2.45) is 34.5 Å². The largest absolute Gasteiger partial charge is 0.462 e. The molecular formula is C27H38O7. The summed E-state index contributed by atoms with van der Waals surface area (Å²) in [4.78, 5) is 48.3. The average Bonchev–Trinajstić information content (AvgIpc) is 3.05. The molecule has 0 amide bonds. The predicted octanol–water partition coefficient (Wildman–Crippen LogP) is 4.17. The summed E-state index contributed by atoms with van der Waals surface area (Å²) < 4.78 is 17.2. The molecule has 3 fully saturated rings. The molecule has 7 nitrogen and oxygen atoms in total. The van der Waals surface area contributed by atoms with Crippen LogP contribution >= 0.6 is 0 Å². The van der Waals surface area contributed by atoms with E-state index in [-0.39, 0.29) is 34.6 Å². The third-order valence-electron chi connectivity index (χ3n) is 9.54. The summed E-state index contributed by atoms with van der Waals surface area (Å²) in [5.74, 6) is -0.0133. The van der Waals surface area contributed by atoms with Gasteiger partial charge in [-0.15, -0.1) is 0 Å². The third-order valence-corrected chi connectivity index (χ3v) is 9.54. The maximum Gasteiger partial charge on any atom is 0.303 e. The molecule has 4 rings (SSSR count). The van der Waals surface area contributed by atoms with E-state index in [0.717, 1.165) is 31.3 Å². The predicted molar refractivity (Wildman–Crippen MR) is 123 cm³/mol. The zero-order valence-corrected chi connectivity index (χ0v) is 21.2. The first kappa shape index (κ1) is 24.9. The van der Waals surface area contributed by atoms with Crippen molar-refractivity contribution in [1.82, 2.24) is 0 Å². The van der Waals surface area contributed by atoms with Gasteiger partial charge >= 0.3 is 17.9 Å². The van der Waals surface area contributed by atoms with Gasteiger partial charge in [0.25, 0.3) is 0 Å². The maximum atomic E-state index is 12.4. The van der Waals surface area contributed by atoms with Gasteiger partial charge in [0, 0.05) is 26.7 Å². The second-order valence-corrected chi connectivity index (χ2v) is 11.5. The molecule has 0 saturated heterocycles. The standard InChI is InChI=1S/C27H38O7/c1-14(28)19-7-8-20-18-11-23(32-15(2)29)22-12-24(33-16(3)30)25(34-17(4)31)13-27(22,6)21(18)9-10-26(19,20)5/h7,18,20-25H,8-13H2,1-6H3. The Morgan fingerprint density at radius 3 is 1.97 bits per heavy atom. The van der Waals surface area contributed by atoms with Crippen molar-refractivity contribution in [3.05, 3.63) is 11.6 Å². The fraction of sp³-hybridized carbons (Fsp3) is 0.778. The summed E-state index contributed by atoms with van der Waals surface area (Å²) >= 11 is 0. The van der Waals surface area contributed by atoms with Crippen LogP contribution in [-0.4, -0.2) is 42.0 Å². The van der Waals surface area contributed by atoms with Crippen molar-refractivity contribution in [2.75, 3.05) is 0 Å². The Labute approximate surface area is 202 Å². The number of hydrogen-bond acceptors (Lipinski definition) is 7. The molecule has 34 heavy (non-hydrogen) atoms. The quantitative estimate of drug-likeness (QED) is 0.446. The van der Waals surface area contributed by atoms with Crippen LogP contribution in [0.4, 0.5) is 0 Å². The summed E-state index contributed by atoms with van der Waals surface area (Å²) in [7, 11) is 0. The molecule has 9 atom stereocenters. The van der Waals surface area contributed by atoms with Gasteiger partial charge in [0.15, 0.2) is 5.78 Å². The molecule has 0 aromatic heterocycles. The number of Topliss-reactive ketones (excluding diaryl/α,β-unsaturated/α-hetero) is 1. The van der Waals surface area contributed by atoms with Crippen LogP contribution in [0, 0.1) is 34.5 Å². The van der Waals surface area contributed by atoms with Gasteiger partial charge < -0.3 is 14.2 Å². The van der Waals surface area contributed by atoms with Crippen molar-refractivity contribution < 1.29 is 33.4 Å². The molecule has 0 aromatic carbocycles. The van der Waals surface area contributed by atoms with E-state index in [1.165, 1.54) is 20.8 Å². The number of esters is 3. The van der Waals surface area contributed by atoms with Crippen molar-refractivity contribution in [2.45, 2.75) is 98.4 Å². The molecule has 7 heteroatoms. The highest BCUT2D eigenvalue weighted by atomic mass is 16.6. The number of ketones is 1. The molecule has 0 aromatic rings. The molecule has 0 spiro atoms. The van der Waals surface area contributed by atoms with Crippen LogP contribution in [-0.2, 0) is 33.4 Å². The number of hydrogen-bond donors (Lipinski definition) is 0. The van der Waals surface area contributed by atoms with Crippen LogP contribution in [0.3, 0.4) is 0 Å². The summed E-state index contributed by atoms with van der Waals surface area (Å²) in [6.07, 6.45) is 5.32. The highest BCUT2D eigenvalue weighted by Crippen LogP contribution is 2.67. The minimum atomic E-state index is -0.555. The monoisotopic (exact) mass is 474 g/mol. The SMILES string of the molecule is CC(=O)OC1CC2C(OC(C)=O)CC3C4CC=C(C(C)=O)C4(C)CCC3C2(C)CC1OC(C)=O. The summed E-state index contributed by atoms with van der Waals surface area (Å²) in [5.41, 5.74) is 0.546. The van der Waals surface area contributed by atoms with Crippen LogP contribution < -0.4 is 0 Å². The molecule has 0 radical (unpaired) electrons. The second kappa shape index (κ2) is 8.80. The van der Waals surface area contributed by atoms with Crippen molar-refractivity contribution in [3.8, 4) is 0 Å². The average molecular weight is 475 g/mol. The van der Waals surface area contributed by atoms with E-state index in [4.69, 9.17) is 14.2 Å². The van der Waals surface area contributed by atoms with Gasteiger partial charge in [-0.25, -0.2) is 0 Å². The van der Waals surface area contributed by atoms with Crippen molar-refractivity contribution in [3.63, 3.8) is 0 Å². The summed E-state index contributed by atoms with van der Waals surface area (Å²) in [6.45, 7) is 10.3. The molecular weight excluding hydrogens is 436 g/mol. The fourth-order valence-electron chi connectivity index (χ4n) is 8.38. The Morgan fingerprint density at radius 2 is 1.38 bits per heavy atom. The minimum absolute atomic E-state index is 0.000181. The van der Waals surface area contributed by atoms with Gasteiger partial charge in [0.1, 0.15) is 18.3 Å². The van der Waals surface area contributed by atoms with E-state index >= 15 is 0 Å².